The molecule has 0 atom stereocenters. The number of ether oxygens (including phenoxy) is 1. The number of carbonyl (C=O) groups excluding carboxylic acids is 1. The van der Waals surface area contributed by atoms with Gasteiger partial charge in [-0.25, -0.2) is 4.79 Å². The van der Waals surface area contributed by atoms with E-state index in [0.29, 0.717) is 17.7 Å². The summed E-state index contributed by atoms with van der Waals surface area (Å²) in [6.45, 7) is 2.66. The summed E-state index contributed by atoms with van der Waals surface area (Å²) in [5.41, 5.74) is 1.22. The Bertz CT molecular complexity index is 547. The molecule has 0 aromatic heterocycles. The van der Waals surface area contributed by atoms with Gasteiger partial charge in [-0.3, -0.25) is 4.79 Å². The van der Waals surface area contributed by atoms with Crippen LogP contribution in [0.1, 0.15) is 35.7 Å². The van der Waals surface area contributed by atoms with Crippen LogP contribution in [0.2, 0.25) is 0 Å². The number of benzene rings is 1. The van der Waals surface area contributed by atoms with Crippen molar-refractivity contribution in [3.8, 4) is 0 Å². The largest absolute Gasteiger partial charge is 0.478 e. The molecule has 1 saturated carbocycles. The van der Waals surface area contributed by atoms with E-state index in [1.54, 1.807) is 24.3 Å². The number of hydrogen-bond acceptors (Lipinski definition) is 3. The van der Waals surface area contributed by atoms with Crippen molar-refractivity contribution in [1.82, 2.24) is 5.32 Å². The number of rotatable bonds is 6. The van der Waals surface area contributed by atoms with Crippen LogP contribution in [0.5, 0.6) is 0 Å². The van der Waals surface area contributed by atoms with Gasteiger partial charge in [0.1, 0.15) is 0 Å². The van der Waals surface area contributed by atoms with E-state index in [4.69, 9.17) is 9.84 Å². The summed E-state index contributed by atoms with van der Waals surface area (Å²) in [6.07, 6.45) is 4.46. The highest BCUT2D eigenvalue weighted by Crippen LogP contribution is 2.23. The maximum absolute atomic E-state index is 12.1. The molecule has 0 spiro atoms. The zero-order valence-electron chi connectivity index (χ0n) is 11.9. The quantitative estimate of drug-likeness (QED) is 0.786. The maximum Gasteiger partial charge on any atom is 0.328 e. The molecule has 1 aromatic rings. The van der Waals surface area contributed by atoms with Gasteiger partial charge in [-0.1, -0.05) is 12.1 Å². The van der Waals surface area contributed by atoms with Crippen molar-refractivity contribution in [1.29, 1.82) is 0 Å². The molecular weight excluding hydrogens is 270 g/mol. The fourth-order valence-electron chi connectivity index (χ4n) is 2.28. The Balaban J connectivity index is 1.91. The Morgan fingerprint density at radius 3 is 2.86 bits per heavy atom. The fourth-order valence-corrected chi connectivity index (χ4v) is 2.28. The summed E-state index contributed by atoms with van der Waals surface area (Å²) in [5.74, 6) is -1.15. The van der Waals surface area contributed by atoms with E-state index >= 15 is 0 Å². The molecular formula is C16H19NO4. The molecule has 1 amide bonds. The highest BCUT2D eigenvalue weighted by molar-refractivity contribution is 5.95. The number of hydrogen-bond donors (Lipinski definition) is 2. The maximum atomic E-state index is 12.1. The first kappa shape index (κ1) is 15.3. The van der Waals surface area contributed by atoms with Crippen molar-refractivity contribution >= 4 is 18.0 Å². The van der Waals surface area contributed by atoms with E-state index in [2.05, 4.69) is 5.32 Å². The molecule has 5 heteroatoms. The normalized spacial score (nSPS) is 21.0. The number of nitrogens with one attached hydrogen (secondary N) is 1. The molecule has 1 aliphatic rings. The predicted octanol–water partition coefficient (Wildman–Crippen LogP) is 2.08. The van der Waals surface area contributed by atoms with Crippen molar-refractivity contribution < 1.29 is 19.4 Å². The molecule has 2 N–H and O–H groups in total. The smallest absolute Gasteiger partial charge is 0.328 e. The minimum absolute atomic E-state index is 0.138. The van der Waals surface area contributed by atoms with Crippen LogP contribution in [0, 0.1) is 0 Å². The fraction of sp³-hybridized carbons (Fsp3) is 0.375. The zero-order valence-corrected chi connectivity index (χ0v) is 11.9. The summed E-state index contributed by atoms with van der Waals surface area (Å²) < 4.78 is 5.45. The van der Waals surface area contributed by atoms with E-state index in [-0.39, 0.29) is 18.1 Å². The molecule has 1 aliphatic carbocycles. The monoisotopic (exact) mass is 289 g/mol. The molecule has 0 aliphatic heterocycles. The van der Waals surface area contributed by atoms with Crippen LogP contribution in [-0.4, -0.2) is 35.7 Å². The summed E-state index contributed by atoms with van der Waals surface area (Å²) in [5, 5.41) is 11.6. The molecule has 1 aromatic carbocycles. The van der Waals surface area contributed by atoms with E-state index < -0.39 is 5.97 Å². The van der Waals surface area contributed by atoms with Crippen molar-refractivity contribution in [2.45, 2.75) is 31.9 Å². The van der Waals surface area contributed by atoms with Crippen molar-refractivity contribution in [3.05, 3.63) is 41.5 Å². The van der Waals surface area contributed by atoms with Crippen LogP contribution < -0.4 is 5.32 Å². The van der Waals surface area contributed by atoms with Gasteiger partial charge >= 0.3 is 5.97 Å². The van der Waals surface area contributed by atoms with Crippen LogP contribution in [0.15, 0.2) is 30.3 Å². The highest BCUT2D eigenvalue weighted by atomic mass is 16.5. The lowest BCUT2D eigenvalue weighted by Crippen LogP contribution is -2.47. The minimum atomic E-state index is -1.01. The average molecular weight is 289 g/mol. The van der Waals surface area contributed by atoms with Crippen LogP contribution in [0.4, 0.5) is 0 Å². The Morgan fingerprint density at radius 2 is 2.19 bits per heavy atom. The third kappa shape index (κ3) is 4.43. The Hall–Kier alpha value is -2.14. The molecule has 0 radical (unpaired) electrons. The van der Waals surface area contributed by atoms with Crippen LogP contribution in [-0.2, 0) is 9.53 Å². The van der Waals surface area contributed by atoms with Gasteiger partial charge in [0.25, 0.3) is 5.91 Å². The second-order valence-electron chi connectivity index (χ2n) is 5.02. The lowest BCUT2D eigenvalue weighted by molar-refractivity contribution is -0.131. The molecule has 1 fully saturated rings. The number of carboxylic acid groups (broad SMARTS) is 1. The van der Waals surface area contributed by atoms with Gasteiger partial charge < -0.3 is 15.2 Å². The van der Waals surface area contributed by atoms with Gasteiger partial charge in [0.2, 0.25) is 0 Å². The molecule has 112 valence electrons. The second-order valence-corrected chi connectivity index (χ2v) is 5.02. The lowest BCUT2D eigenvalue weighted by atomic mass is 9.89. The van der Waals surface area contributed by atoms with E-state index in [1.807, 2.05) is 6.92 Å². The average Bonchev–Trinajstić information content (AvgIpc) is 2.43. The Kier molecular flexibility index (Phi) is 5.11. The number of carboxylic acids is 1. The highest BCUT2D eigenvalue weighted by Gasteiger charge is 2.30. The zero-order chi connectivity index (χ0) is 15.2. The first-order valence-corrected chi connectivity index (χ1v) is 7.02. The third-order valence-electron chi connectivity index (χ3n) is 3.40. The van der Waals surface area contributed by atoms with Crippen molar-refractivity contribution in [2.24, 2.45) is 0 Å². The Morgan fingerprint density at radius 1 is 1.43 bits per heavy atom. The van der Waals surface area contributed by atoms with Gasteiger partial charge in [-0.2, -0.15) is 0 Å². The molecule has 5 nitrogen and oxygen atoms in total. The van der Waals surface area contributed by atoms with Crippen LogP contribution in [0.3, 0.4) is 0 Å². The summed E-state index contributed by atoms with van der Waals surface area (Å²) >= 11 is 0. The van der Waals surface area contributed by atoms with E-state index in [0.717, 1.165) is 18.9 Å². The summed E-state index contributed by atoms with van der Waals surface area (Å²) in [6, 6.07) is 7.04. The molecule has 21 heavy (non-hydrogen) atoms. The standard InChI is InChI=1S/C16H19NO4/c1-2-21-14-9-13(10-14)17-16(20)12-5-3-4-11(8-12)6-7-15(18)19/h3-8,13-14H,2,9-10H2,1H3,(H,17,20)(H,18,19)/b7-6+. The molecule has 0 saturated heterocycles. The topological polar surface area (TPSA) is 75.6 Å². The minimum Gasteiger partial charge on any atom is -0.478 e. The molecule has 0 heterocycles. The lowest BCUT2D eigenvalue weighted by Gasteiger charge is -2.35. The number of carbonyl (C=O) groups is 2. The van der Waals surface area contributed by atoms with Gasteiger partial charge in [0.05, 0.1) is 6.10 Å². The second kappa shape index (κ2) is 7.04. The first-order chi connectivity index (χ1) is 10.1. The molecule has 0 unspecified atom stereocenters. The van der Waals surface area contributed by atoms with Crippen molar-refractivity contribution in [2.75, 3.05) is 6.61 Å². The number of amides is 1. The van der Waals surface area contributed by atoms with Gasteiger partial charge in [-0.05, 0) is 43.5 Å². The van der Waals surface area contributed by atoms with Gasteiger partial charge in [-0.15, -0.1) is 0 Å². The van der Waals surface area contributed by atoms with Gasteiger partial charge in [0.15, 0.2) is 0 Å². The first-order valence-electron chi connectivity index (χ1n) is 7.02. The Labute approximate surface area is 123 Å². The van der Waals surface area contributed by atoms with E-state index in [9.17, 15) is 9.59 Å². The van der Waals surface area contributed by atoms with Gasteiger partial charge in [0, 0.05) is 24.3 Å². The van der Waals surface area contributed by atoms with Crippen LogP contribution in [0.25, 0.3) is 6.08 Å². The summed E-state index contributed by atoms with van der Waals surface area (Å²) in [7, 11) is 0. The van der Waals surface area contributed by atoms with E-state index in [1.165, 1.54) is 6.08 Å². The predicted molar refractivity (Wildman–Crippen MR) is 79.0 cm³/mol. The SMILES string of the molecule is CCOC1CC(NC(=O)c2cccc(/C=C/C(=O)O)c2)C1. The van der Waals surface area contributed by atoms with Crippen LogP contribution >= 0.6 is 0 Å². The summed E-state index contributed by atoms with van der Waals surface area (Å²) in [4.78, 5) is 22.6. The molecule has 0 bridgehead atoms. The van der Waals surface area contributed by atoms with Crippen molar-refractivity contribution in [3.63, 3.8) is 0 Å². The molecule has 2 rings (SSSR count). The number of aliphatic carboxylic acids is 1. The third-order valence-corrected chi connectivity index (χ3v) is 3.40.